The highest BCUT2D eigenvalue weighted by atomic mass is 19.1. The van der Waals surface area contributed by atoms with Crippen LogP contribution < -0.4 is 5.73 Å². The number of nitrogens with zero attached hydrogens (tertiary/aromatic N) is 1. The number of hydrogen-bond donors (Lipinski definition) is 1. The quantitative estimate of drug-likeness (QED) is 0.743. The molecule has 3 rings (SSSR count). The zero-order chi connectivity index (χ0) is 10.7. The summed E-state index contributed by atoms with van der Waals surface area (Å²) >= 11 is 0. The van der Waals surface area contributed by atoms with E-state index in [9.17, 15) is 9.18 Å². The van der Waals surface area contributed by atoms with E-state index in [1.54, 1.807) is 4.90 Å². The topological polar surface area (TPSA) is 46.3 Å². The SMILES string of the molecule is NC(=O)N1CCC2(CC2CC2(F)CC2)C1. The van der Waals surface area contributed by atoms with Crippen LogP contribution in [0.25, 0.3) is 0 Å². The van der Waals surface area contributed by atoms with Crippen LogP contribution in [-0.2, 0) is 0 Å². The molecule has 3 aliphatic rings. The molecule has 2 atom stereocenters. The smallest absolute Gasteiger partial charge is 0.314 e. The van der Waals surface area contributed by atoms with Crippen molar-refractivity contribution in [2.75, 3.05) is 13.1 Å². The second kappa shape index (κ2) is 2.66. The predicted octanol–water partition coefficient (Wildman–Crippen LogP) is 1.67. The van der Waals surface area contributed by atoms with E-state index >= 15 is 0 Å². The largest absolute Gasteiger partial charge is 0.351 e. The Bertz CT molecular complexity index is 316. The van der Waals surface area contributed by atoms with E-state index in [2.05, 4.69) is 0 Å². The normalized spacial score (nSPS) is 40.9. The molecular formula is C11H17FN2O. The fourth-order valence-electron chi connectivity index (χ4n) is 3.09. The minimum absolute atomic E-state index is 0.247. The van der Waals surface area contributed by atoms with Crippen LogP contribution in [0.15, 0.2) is 0 Å². The van der Waals surface area contributed by atoms with Crippen LogP contribution in [0.2, 0.25) is 0 Å². The zero-order valence-corrected chi connectivity index (χ0v) is 8.84. The van der Waals surface area contributed by atoms with Crippen molar-refractivity contribution >= 4 is 6.03 Å². The maximum absolute atomic E-state index is 13.6. The Kier molecular flexibility index (Phi) is 1.67. The molecule has 0 radical (unpaired) electrons. The molecule has 1 heterocycles. The van der Waals surface area contributed by atoms with Crippen LogP contribution in [0.4, 0.5) is 9.18 Å². The van der Waals surface area contributed by atoms with Gasteiger partial charge >= 0.3 is 6.03 Å². The minimum Gasteiger partial charge on any atom is -0.351 e. The van der Waals surface area contributed by atoms with Gasteiger partial charge in [0.25, 0.3) is 0 Å². The first kappa shape index (κ1) is 9.43. The van der Waals surface area contributed by atoms with E-state index in [-0.39, 0.29) is 11.4 Å². The summed E-state index contributed by atoms with van der Waals surface area (Å²) in [6.45, 7) is 1.54. The molecule has 0 aromatic carbocycles. The average molecular weight is 212 g/mol. The highest BCUT2D eigenvalue weighted by Crippen LogP contribution is 2.64. The molecule has 1 aliphatic heterocycles. The van der Waals surface area contributed by atoms with Gasteiger partial charge in [-0.25, -0.2) is 9.18 Å². The molecule has 1 saturated heterocycles. The van der Waals surface area contributed by atoms with Gasteiger partial charge in [0.1, 0.15) is 5.67 Å². The van der Waals surface area contributed by atoms with Crippen LogP contribution in [0, 0.1) is 11.3 Å². The van der Waals surface area contributed by atoms with Crippen LogP contribution in [0.3, 0.4) is 0 Å². The van der Waals surface area contributed by atoms with Gasteiger partial charge in [0.05, 0.1) is 0 Å². The third-order valence-corrected chi connectivity index (χ3v) is 4.46. The van der Waals surface area contributed by atoms with Gasteiger partial charge in [-0.2, -0.15) is 0 Å². The lowest BCUT2D eigenvalue weighted by Crippen LogP contribution is -2.34. The van der Waals surface area contributed by atoms with Crippen molar-refractivity contribution < 1.29 is 9.18 Å². The first-order valence-corrected chi connectivity index (χ1v) is 5.76. The second-order valence-corrected chi connectivity index (χ2v) is 5.63. The fourth-order valence-corrected chi connectivity index (χ4v) is 3.09. The molecule has 2 amide bonds. The maximum Gasteiger partial charge on any atom is 0.314 e. The third-order valence-electron chi connectivity index (χ3n) is 4.46. The maximum atomic E-state index is 13.6. The first-order chi connectivity index (χ1) is 7.03. The van der Waals surface area contributed by atoms with E-state index in [0.717, 1.165) is 45.2 Å². The summed E-state index contributed by atoms with van der Waals surface area (Å²) in [5.74, 6) is 0.509. The van der Waals surface area contributed by atoms with Gasteiger partial charge in [0.2, 0.25) is 0 Å². The number of hydrogen-bond acceptors (Lipinski definition) is 1. The van der Waals surface area contributed by atoms with Crippen molar-refractivity contribution in [2.24, 2.45) is 17.1 Å². The minimum atomic E-state index is -0.839. The molecule has 0 bridgehead atoms. The van der Waals surface area contributed by atoms with E-state index in [1.165, 1.54) is 0 Å². The molecule has 2 unspecified atom stereocenters. The lowest BCUT2D eigenvalue weighted by atomic mass is 9.99. The molecule has 15 heavy (non-hydrogen) atoms. The molecule has 4 heteroatoms. The Balaban J connectivity index is 1.58. The van der Waals surface area contributed by atoms with Crippen molar-refractivity contribution in [3.63, 3.8) is 0 Å². The van der Waals surface area contributed by atoms with Gasteiger partial charge in [-0.1, -0.05) is 0 Å². The van der Waals surface area contributed by atoms with Crippen molar-refractivity contribution in [3.05, 3.63) is 0 Å². The van der Waals surface area contributed by atoms with Gasteiger partial charge < -0.3 is 10.6 Å². The molecule has 1 spiro atoms. The van der Waals surface area contributed by atoms with E-state index < -0.39 is 5.67 Å². The number of urea groups is 1. The van der Waals surface area contributed by atoms with Crippen LogP contribution >= 0.6 is 0 Å². The Morgan fingerprint density at radius 2 is 2.20 bits per heavy atom. The van der Waals surface area contributed by atoms with Gasteiger partial charge in [0.15, 0.2) is 0 Å². The standard InChI is InChI=1S/C11H17FN2O/c12-11(1-2-11)6-8-5-10(8)3-4-14(7-10)9(13)15/h8H,1-7H2,(H2,13,15). The Labute approximate surface area is 88.8 Å². The summed E-state index contributed by atoms with van der Waals surface area (Å²) in [5.41, 5.74) is 4.65. The van der Waals surface area contributed by atoms with Crippen molar-refractivity contribution in [1.82, 2.24) is 4.90 Å². The fraction of sp³-hybridized carbons (Fsp3) is 0.909. The molecule has 2 saturated carbocycles. The van der Waals surface area contributed by atoms with E-state index in [4.69, 9.17) is 5.73 Å². The van der Waals surface area contributed by atoms with Crippen molar-refractivity contribution in [2.45, 2.75) is 37.8 Å². The molecule has 0 aromatic heterocycles. The Morgan fingerprint density at radius 3 is 2.73 bits per heavy atom. The number of carbonyl (C=O) groups excluding carboxylic acids is 1. The highest BCUT2D eigenvalue weighted by molar-refractivity contribution is 5.72. The molecular weight excluding hydrogens is 195 g/mol. The highest BCUT2D eigenvalue weighted by Gasteiger charge is 2.61. The molecule has 3 nitrogen and oxygen atoms in total. The first-order valence-electron chi connectivity index (χ1n) is 5.76. The van der Waals surface area contributed by atoms with Gasteiger partial charge in [-0.3, -0.25) is 0 Å². The van der Waals surface area contributed by atoms with E-state index in [1.807, 2.05) is 0 Å². The number of nitrogens with two attached hydrogens (primary N) is 1. The van der Waals surface area contributed by atoms with Gasteiger partial charge in [-0.15, -0.1) is 0 Å². The van der Waals surface area contributed by atoms with Gasteiger partial charge in [0, 0.05) is 13.1 Å². The molecule has 3 fully saturated rings. The summed E-state index contributed by atoms with van der Waals surface area (Å²) in [4.78, 5) is 12.7. The van der Waals surface area contributed by atoms with Gasteiger partial charge in [-0.05, 0) is 43.4 Å². The molecule has 0 aromatic rings. The Hall–Kier alpha value is -0.800. The van der Waals surface area contributed by atoms with Crippen molar-refractivity contribution in [3.8, 4) is 0 Å². The number of amides is 2. The number of primary amides is 1. The number of rotatable bonds is 2. The third kappa shape index (κ3) is 1.50. The lowest BCUT2D eigenvalue weighted by Gasteiger charge is -2.13. The van der Waals surface area contributed by atoms with Crippen LogP contribution in [0.5, 0.6) is 0 Å². The predicted molar refractivity (Wildman–Crippen MR) is 54.0 cm³/mol. The number of likely N-dealkylation sites (tertiary alicyclic amines) is 1. The van der Waals surface area contributed by atoms with Crippen LogP contribution in [-0.4, -0.2) is 29.7 Å². The Morgan fingerprint density at radius 1 is 1.47 bits per heavy atom. The zero-order valence-electron chi connectivity index (χ0n) is 8.84. The van der Waals surface area contributed by atoms with Crippen LogP contribution in [0.1, 0.15) is 32.1 Å². The summed E-state index contributed by atoms with van der Waals surface area (Å²) in [7, 11) is 0. The average Bonchev–Trinajstić information content (AvgIpc) is 2.94. The monoisotopic (exact) mass is 212 g/mol. The summed E-state index contributed by atoms with van der Waals surface area (Å²) < 4.78 is 13.6. The molecule has 2 aliphatic carbocycles. The summed E-state index contributed by atoms with van der Waals surface area (Å²) in [5, 5.41) is 0. The summed E-state index contributed by atoms with van der Waals surface area (Å²) in [6, 6.07) is -0.320. The van der Waals surface area contributed by atoms with E-state index in [0.29, 0.717) is 5.92 Å². The number of alkyl halides is 1. The molecule has 84 valence electrons. The second-order valence-electron chi connectivity index (χ2n) is 5.63. The summed E-state index contributed by atoms with van der Waals surface area (Å²) in [6.07, 6.45) is 4.34. The van der Waals surface area contributed by atoms with Crippen molar-refractivity contribution in [1.29, 1.82) is 0 Å². The molecule has 2 N–H and O–H groups in total. The lowest BCUT2D eigenvalue weighted by molar-refractivity contribution is 0.214. The number of carbonyl (C=O) groups is 1. The number of halogens is 1.